The maximum Gasteiger partial charge on any atom is 0.191 e. The van der Waals surface area contributed by atoms with Gasteiger partial charge in [-0.1, -0.05) is 0 Å². The SMILES string of the molecule is CCOc1cc2c(cc1CNC(=NC)NC1CC1)OC(C)C2.I. The molecule has 0 saturated heterocycles. The summed E-state index contributed by atoms with van der Waals surface area (Å²) in [6.45, 7) is 5.45. The number of guanidine groups is 1. The lowest BCUT2D eigenvalue weighted by molar-refractivity contribution is 0.254. The van der Waals surface area contributed by atoms with E-state index in [2.05, 4.69) is 34.7 Å². The molecule has 1 aliphatic heterocycles. The molecule has 0 spiro atoms. The molecule has 3 rings (SSSR count). The number of fused-ring (bicyclic) bond motifs is 1. The summed E-state index contributed by atoms with van der Waals surface area (Å²) < 4.78 is 11.7. The number of benzene rings is 1. The van der Waals surface area contributed by atoms with E-state index in [4.69, 9.17) is 9.47 Å². The van der Waals surface area contributed by atoms with Gasteiger partial charge in [-0.05, 0) is 38.8 Å². The molecule has 0 amide bonds. The summed E-state index contributed by atoms with van der Waals surface area (Å²) in [6, 6.07) is 4.80. The average molecular weight is 431 g/mol. The van der Waals surface area contributed by atoms with Gasteiger partial charge in [0.1, 0.15) is 17.6 Å². The second-order valence-electron chi connectivity index (χ2n) is 5.98. The minimum Gasteiger partial charge on any atom is -0.494 e. The van der Waals surface area contributed by atoms with Crippen LogP contribution in [0.15, 0.2) is 17.1 Å². The van der Waals surface area contributed by atoms with Gasteiger partial charge in [0.05, 0.1) is 6.61 Å². The molecule has 23 heavy (non-hydrogen) atoms. The summed E-state index contributed by atoms with van der Waals surface area (Å²) in [5.74, 6) is 2.77. The van der Waals surface area contributed by atoms with Crippen LogP contribution in [0.4, 0.5) is 0 Å². The van der Waals surface area contributed by atoms with Gasteiger partial charge in [-0.2, -0.15) is 0 Å². The Morgan fingerprint density at radius 1 is 1.39 bits per heavy atom. The van der Waals surface area contributed by atoms with Crippen LogP contribution in [-0.2, 0) is 13.0 Å². The average Bonchev–Trinajstić information content (AvgIpc) is 3.24. The van der Waals surface area contributed by atoms with Crippen molar-refractivity contribution in [2.45, 2.75) is 51.8 Å². The van der Waals surface area contributed by atoms with Crippen LogP contribution >= 0.6 is 24.0 Å². The van der Waals surface area contributed by atoms with Crippen LogP contribution < -0.4 is 20.1 Å². The molecule has 1 unspecified atom stereocenters. The van der Waals surface area contributed by atoms with Crippen LogP contribution in [0, 0.1) is 0 Å². The molecule has 1 aliphatic carbocycles. The number of nitrogens with zero attached hydrogens (tertiary/aromatic N) is 1. The summed E-state index contributed by atoms with van der Waals surface area (Å²) in [6.07, 6.45) is 3.66. The van der Waals surface area contributed by atoms with Crippen molar-refractivity contribution in [1.82, 2.24) is 10.6 Å². The van der Waals surface area contributed by atoms with E-state index in [9.17, 15) is 0 Å². The Hall–Kier alpha value is -1.18. The molecule has 0 bridgehead atoms. The van der Waals surface area contributed by atoms with Gasteiger partial charge in [0.2, 0.25) is 0 Å². The lowest BCUT2D eigenvalue weighted by Gasteiger charge is -2.15. The molecule has 0 radical (unpaired) electrons. The van der Waals surface area contributed by atoms with Crippen molar-refractivity contribution in [3.8, 4) is 11.5 Å². The smallest absolute Gasteiger partial charge is 0.191 e. The van der Waals surface area contributed by atoms with Gasteiger partial charge < -0.3 is 20.1 Å². The zero-order chi connectivity index (χ0) is 15.5. The first-order chi connectivity index (χ1) is 10.7. The van der Waals surface area contributed by atoms with Gasteiger partial charge in [0, 0.05) is 37.2 Å². The fourth-order valence-corrected chi connectivity index (χ4v) is 2.70. The van der Waals surface area contributed by atoms with Crippen LogP contribution in [0.25, 0.3) is 0 Å². The predicted molar refractivity (Wildman–Crippen MR) is 103 cm³/mol. The Labute approximate surface area is 155 Å². The van der Waals surface area contributed by atoms with Crippen LogP contribution in [-0.4, -0.2) is 31.8 Å². The molecular formula is C17H26IN3O2. The third-order valence-electron chi connectivity index (χ3n) is 3.97. The molecule has 2 aliphatic rings. The van der Waals surface area contributed by atoms with E-state index in [1.165, 1.54) is 18.4 Å². The number of nitrogens with one attached hydrogen (secondary N) is 2. The summed E-state index contributed by atoms with van der Waals surface area (Å²) in [5, 5.41) is 6.75. The maximum atomic E-state index is 5.86. The minimum absolute atomic E-state index is 0. The fraction of sp³-hybridized carbons (Fsp3) is 0.588. The molecule has 6 heteroatoms. The second-order valence-corrected chi connectivity index (χ2v) is 5.98. The van der Waals surface area contributed by atoms with Crippen molar-refractivity contribution in [3.05, 3.63) is 23.3 Å². The molecule has 128 valence electrons. The van der Waals surface area contributed by atoms with Crippen molar-refractivity contribution in [2.24, 2.45) is 4.99 Å². The quantitative estimate of drug-likeness (QED) is 0.428. The Balaban J connectivity index is 0.00000192. The van der Waals surface area contributed by atoms with Gasteiger partial charge in [-0.25, -0.2) is 0 Å². The first-order valence-electron chi connectivity index (χ1n) is 8.12. The number of hydrogen-bond donors (Lipinski definition) is 2. The van der Waals surface area contributed by atoms with E-state index in [1.807, 2.05) is 6.92 Å². The van der Waals surface area contributed by atoms with Crippen molar-refractivity contribution >= 4 is 29.9 Å². The minimum atomic E-state index is 0. The topological polar surface area (TPSA) is 54.9 Å². The Morgan fingerprint density at radius 3 is 2.83 bits per heavy atom. The Bertz CT molecular complexity index is 573. The van der Waals surface area contributed by atoms with Crippen molar-refractivity contribution in [3.63, 3.8) is 0 Å². The van der Waals surface area contributed by atoms with Crippen LogP contribution in [0.3, 0.4) is 0 Å². The molecule has 1 heterocycles. The van der Waals surface area contributed by atoms with Gasteiger partial charge in [-0.3, -0.25) is 4.99 Å². The second kappa shape index (κ2) is 8.08. The van der Waals surface area contributed by atoms with E-state index < -0.39 is 0 Å². The van der Waals surface area contributed by atoms with E-state index in [-0.39, 0.29) is 30.1 Å². The Morgan fingerprint density at radius 2 is 2.17 bits per heavy atom. The maximum absolute atomic E-state index is 5.86. The third-order valence-corrected chi connectivity index (χ3v) is 3.97. The van der Waals surface area contributed by atoms with Gasteiger partial charge in [0.15, 0.2) is 5.96 Å². The highest BCUT2D eigenvalue weighted by molar-refractivity contribution is 14.0. The highest BCUT2D eigenvalue weighted by atomic mass is 127. The summed E-state index contributed by atoms with van der Waals surface area (Å²) in [5.41, 5.74) is 2.34. The molecule has 1 fully saturated rings. The van der Waals surface area contributed by atoms with Gasteiger partial charge in [0.25, 0.3) is 0 Å². The van der Waals surface area contributed by atoms with E-state index in [0.29, 0.717) is 19.2 Å². The molecule has 1 aromatic carbocycles. The highest BCUT2D eigenvalue weighted by Crippen LogP contribution is 2.35. The van der Waals surface area contributed by atoms with Crippen LogP contribution in [0.5, 0.6) is 11.5 Å². The monoisotopic (exact) mass is 431 g/mol. The normalized spacial score (nSPS) is 19.4. The highest BCUT2D eigenvalue weighted by Gasteiger charge is 2.23. The Kier molecular flexibility index (Phi) is 6.38. The lowest BCUT2D eigenvalue weighted by atomic mass is 10.1. The third kappa shape index (κ3) is 4.65. The van der Waals surface area contributed by atoms with Crippen LogP contribution in [0.1, 0.15) is 37.8 Å². The predicted octanol–water partition coefficient (Wildman–Crippen LogP) is 2.85. The largest absolute Gasteiger partial charge is 0.494 e. The van der Waals surface area contributed by atoms with Crippen molar-refractivity contribution in [1.29, 1.82) is 0 Å². The first-order valence-corrected chi connectivity index (χ1v) is 8.12. The molecule has 0 aromatic heterocycles. The van der Waals surface area contributed by atoms with Crippen molar-refractivity contribution in [2.75, 3.05) is 13.7 Å². The molecule has 5 nitrogen and oxygen atoms in total. The number of ether oxygens (including phenoxy) is 2. The van der Waals surface area contributed by atoms with Crippen molar-refractivity contribution < 1.29 is 9.47 Å². The number of halogens is 1. The first kappa shape index (κ1) is 18.2. The fourth-order valence-electron chi connectivity index (χ4n) is 2.70. The number of aliphatic imine (C=N–C) groups is 1. The summed E-state index contributed by atoms with van der Waals surface area (Å²) in [4.78, 5) is 4.27. The standard InChI is InChI=1S/C17H25N3O2.HI/c1-4-21-15-8-12-7-11(2)22-16(12)9-13(15)10-19-17(18-3)20-14-5-6-14;/h8-9,11,14H,4-7,10H2,1-3H3,(H2,18,19,20);1H. The molecule has 1 aromatic rings. The zero-order valence-corrected chi connectivity index (χ0v) is 16.3. The van der Waals surface area contributed by atoms with E-state index >= 15 is 0 Å². The van der Waals surface area contributed by atoms with E-state index in [1.54, 1.807) is 7.05 Å². The van der Waals surface area contributed by atoms with Gasteiger partial charge >= 0.3 is 0 Å². The molecule has 1 saturated carbocycles. The van der Waals surface area contributed by atoms with E-state index in [0.717, 1.165) is 29.4 Å². The van der Waals surface area contributed by atoms with Crippen LogP contribution in [0.2, 0.25) is 0 Å². The summed E-state index contributed by atoms with van der Waals surface area (Å²) >= 11 is 0. The molecular weight excluding hydrogens is 405 g/mol. The molecule has 2 N–H and O–H groups in total. The number of hydrogen-bond acceptors (Lipinski definition) is 3. The zero-order valence-electron chi connectivity index (χ0n) is 14.0. The number of rotatable bonds is 5. The lowest BCUT2D eigenvalue weighted by Crippen LogP contribution is -2.38. The molecule has 1 atom stereocenters. The van der Waals surface area contributed by atoms with Gasteiger partial charge in [-0.15, -0.1) is 24.0 Å². The summed E-state index contributed by atoms with van der Waals surface area (Å²) in [7, 11) is 1.80.